The number of amides is 1. The van der Waals surface area contributed by atoms with E-state index in [9.17, 15) is 9.90 Å². The van der Waals surface area contributed by atoms with Crippen LogP contribution in [0.25, 0.3) is 11.1 Å². The van der Waals surface area contributed by atoms with Crippen molar-refractivity contribution < 1.29 is 19.4 Å². The summed E-state index contributed by atoms with van der Waals surface area (Å²) in [7, 11) is 3.11. The molecule has 0 fully saturated rings. The van der Waals surface area contributed by atoms with Crippen LogP contribution in [0.1, 0.15) is 16.7 Å². The molecule has 3 N–H and O–H groups in total. The number of benzene rings is 3. The van der Waals surface area contributed by atoms with Gasteiger partial charge in [0.1, 0.15) is 17.2 Å². The Morgan fingerprint density at radius 3 is 2.48 bits per heavy atom. The summed E-state index contributed by atoms with van der Waals surface area (Å²) < 4.78 is 10.7. The number of hydrogen-bond donors (Lipinski definition) is 3. The van der Waals surface area contributed by atoms with E-state index < -0.39 is 5.91 Å². The Hall–Kier alpha value is -4.17. The van der Waals surface area contributed by atoms with E-state index in [2.05, 4.69) is 21.1 Å². The SMILES string of the molecule is COc1ccc(C2=NNC(=O)/C2=N/Nc2ccc(C)c(-c3ccc(CO)cc3)c2)c(OC)c1. The lowest BCUT2D eigenvalue weighted by atomic mass is 9.99. The zero-order chi connectivity index (χ0) is 23.4. The van der Waals surface area contributed by atoms with E-state index in [1.807, 2.05) is 49.4 Å². The van der Waals surface area contributed by atoms with E-state index in [1.165, 1.54) is 0 Å². The lowest BCUT2D eigenvalue weighted by Gasteiger charge is -2.11. The summed E-state index contributed by atoms with van der Waals surface area (Å²) in [5, 5.41) is 17.8. The maximum absolute atomic E-state index is 12.4. The van der Waals surface area contributed by atoms with E-state index >= 15 is 0 Å². The standard InChI is InChI=1S/C25H24N4O4/c1-15-4-9-18(12-21(15)17-7-5-16(14-30)6-8-17)26-28-24-23(27-29-25(24)31)20-11-10-19(32-2)13-22(20)33-3/h4-13,26,30H,14H2,1-3H3,(H,28,29,31). The molecule has 0 saturated heterocycles. The Balaban J connectivity index is 1.63. The number of carbonyl (C=O) groups is 1. The fraction of sp³-hybridized carbons (Fsp3) is 0.160. The molecule has 0 unspecified atom stereocenters. The van der Waals surface area contributed by atoms with Gasteiger partial charge in [0.05, 0.1) is 26.5 Å². The zero-order valence-corrected chi connectivity index (χ0v) is 18.5. The number of aryl methyl sites for hydroxylation is 1. The topological polar surface area (TPSA) is 105 Å². The molecule has 0 aromatic heterocycles. The molecule has 1 heterocycles. The van der Waals surface area contributed by atoms with Crippen molar-refractivity contribution in [1.29, 1.82) is 0 Å². The summed E-state index contributed by atoms with van der Waals surface area (Å²) in [5.74, 6) is 0.729. The number of nitrogens with zero attached hydrogens (tertiary/aromatic N) is 2. The molecule has 0 saturated carbocycles. The number of hydrazone groups is 2. The highest BCUT2D eigenvalue weighted by molar-refractivity contribution is 6.72. The second-order valence-corrected chi connectivity index (χ2v) is 7.42. The van der Waals surface area contributed by atoms with E-state index in [-0.39, 0.29) is 12.3 Å². The van der Waals surface area contributed by atoms with Crippen LogP contribution in [0.5, 0.6) is 11.5 Å². The number of rotatable bonds is 7. The van der Waals surface area contributed by atoms with Gasteiger partial charge in [0.2, 0.25) is 0 Å². The smallest absolute Gasteiger partial charge is 0.294 e. The first-order valence-corrected chi connectivity index (χ1v) is 10.3. The lowest BCUT2D eigenvalue weighted by molar-refractivity contribution is -0.114. The van der Waals surface area contributed by atoms with Crippen molar-refractivity contribution in [1.82, 2.24) is 5.43 Å². The van der Waals surface area contributed by atoms with Crippen LogP contribution < -0.4 is 20.3 Å². The predicted octanol–water partition coefficient (Wildman–Crippen LogP) is 3.47. The molecular weight excluding hydrogens is 420 g/mol. The molecule has 1 aliphatic heterocycles. The number of hydrogen-bond acceptors (Lipinski definition) is 7. The molecule has 0 bridgehead atoms. The first-order chi connectivity index (χ1) is 16.0. The van der Waals surface area contributed by atoms with Crippen LogP contribution in [0, 0.1) is 6.92 Å². The normalized spacial score (nSPS) is 14.1. The third-order valence-electron chi connectivity index (χ3n) is 5.35. The van der Waals surface area contributed by atoms with Gasteiger partial charge >= 0.3 is 0 Å². The number of aliphatic hydroxyl groups excluding tert-OH is 1. The predicted molar refractivity (Wildman–Crippen MR) is 128 cm³/mol. The molecule has 0 atom stereocenters. The van der Waals surface area contributed by atoms with Crippen molar-refractivity contribution >= 4 is 23.0 Å². The number of methoxy groups -OCH3 is 2. The minimum Gasteiger partial charge on any atom is -0.497 e. The van der Waals surface area contributed by atoms with Crippen LogP contribution in [-0.2, 0) is 11.4 Å². The van der Waals surface area contributed by atoms with Crippen molar-refractivity contribution in [2.75, 3.05) is 19.6 Å². The van der Waals surface area contributed by atoms with Crippen molar-refractivity contribution in [2.24, 2.45) is 10.2 Å². The summed E-state index contributed by atoms with van der Waals surface area (Å²) in [4.78, 5) is 12.4. The first-order valence-electron chi connectivity index (χ1n) is 10.3. The van der Waals surface area contributed by atoms with Gasteiger partial charge in [-0.2, -0.15) is 10.2 Å². The van der Waals surface area contributed by atoms with Gasteiger partial charge in [0.25, 0.3) is 5.91 Å². The summed E-state index contributed by atoms with van der Waals surface area (Å²) in [6.45, 7) is 2.03. The maximum Gasteiger partial charge on any atom is 0.294 e. The summed E-state index contributed by atoms with van der Waals surface area (Å²) in [6.07, 6.45) is 0. The Kier molecular flexibility index (Phi) is 6.37. The van der Waals surface area contributed by atoms with Crippen molar-refractivity contribution in [3.05, 3.63) is 77.4 Å². The third kappa shape index (κ3) is 4.56. The largest absolute Gasteiger partial charge is 0.497 e. The average molecular weight is 444 g/mol. The minimum atomic E-state index is -0.415. The van der Waals surface area contributed by atoms with E-state index in [1.54, 1.807) is 32.4 Å². The lowest BCUT2D eigenvalue weighted by Crippen LogP contribution is -2.25. The maximum atomic E-state index is 12.4. The van der Waals surface area contributed by atoms with Crippen LogP contribution in [0.4, 0.5) is 5.69 Å². The van der Waals surface area contributed by atoms with Gasteiger partial charge in [-0.05, 0) is 53.4 Å². The Morgan fingerprint density at radius 1 is 1.00 bits per heavy atom. The monoisotopic (exact) mass is 444 g/mol. The quantitative estimate of drug-likeness (QED) is 0.484. The Bertz CT molecular complexity index is 1250. The number of carbonyl (C=O) groups excluding carboxylic acids is 1. The van der Waals surface area contributed by atoms with E-state index in [4.69, 9.17) is 9.47 Å². The van der Waals surface area contributed by atoms with Crippen LogP contribution in [0.2, 0.25) is 0 Å². The second-order valence-electron chi connectivity index (χ2n) is 7.42. The molecule has 1 aliphatic rings. The molecule has 3 aromatic carbocycles. The molecule has 1 amide bonds. The number of aliphatic hydroxyl groups is 1. The highest BCUT2D eigenvalue weighted by atomic mass is 16.5. The highest BCUT2D eigenvalue weighted by Crippen LogP contribution is 2.28. The molecule has 0 spiro atoms. The molecule has 8 heteroatoms. The van der Waals surface area contributed by atoms with Crippen LogP contribution in [0.3, 0.4) is 0 Å². The van der Waals surface area contributed by atoms with Crippen molar-refractivity contribution in [3.8, 4) is 22.6 Å². The number of anilines is 1. The Morgan fingerprint density at radius 2 is 1.79 bits per heavy atom. The molecule has 168 valence electrons. The fourth-order valence-corrected chi connectivity index (χ4v) is 3.52. The van der Waals surface area contributed by atoms with Gasteiger partial charge in [0.15, 0.2) is 5.71 Å². The minimum absolute atomic E-state index is 0.00325. The third-order valence-corrected chi connectivity index (χ3v) is 5.35. The summed E-state index contributed by atoms with van der Waals surface area (Å²) in [5.41, 5.74) is 11.3. The van der Waals surface area contributed by atoms with Gasteiger partial charge in [-0.1, -0.05) is 30.3 Å². The van der Waals surface area contributed by atoms with Crippen LogP contribution in [-0.4, -0.2) is 36.7 Å². The summed E-state index contributed by atoms with van der Waals surface area (Å²) in [6, 6.07) is 18.8. The zero-order valence-electron chi connectivity index (χ0n) is 18.5. The van der Waals surface area contributed by atoms with E-state index in [0.29, 0.717) is 22.8 Å². The molecule has 33 heavy (non-hydrogen) atoms. The molecule has 0 radical (unpaired) electrons. The molecule has 3 aromatic rings. The number of ether oxygens (including phenoxy) is 2. The fourth-order valence-electron chi connectivity index (χ4n) is 3.52. The van der Waals surface area contributed by atoms with Gasteiger partial charge in [0, 0.05) is 11.6 Å². The first kappa shape index (κ1) is 22.0. The number of nitrogens with one attached hydrogen (secondary N) is 2. The molecule has 0 aliphatic carbocycles. The van der Waals surface area contributed by atoms with E-state index in [0.717, 1.165) is 27.9 Å². The second kappa shape index (κ2) is 9.54. The Labute approximate surface area is 191 Å². The molecule has 4 rings (SSSR count). The van der Waals surface area contributed by atoms with Crippen molar-refractivity contribution in [3.63, 3.8) is 0 Å². The van der Waals surface area contributed by atoms with Gasteiger partial charge < -0.3 is 14.6 Å². The van der Waals surface area contributed by atoms with Crippen molar-refractivity contribution in [2.45, 2.75) is 13.5 Å². The van der Waals surface area contributed by atoms with Gasteiger partial charge in [-0.15, -0.1) is 0 Å². The highest BCUT2D eigenvalue weighted by Gasteiger charge is 2.28. The van der Waals surface area contributed by atoms with Gasteiger partial charge in [-0.3, -0.25) is 10.2 Å². The average Bonchev–Trinajstić information content (AvgIpc) is 3.23. The molecule has 8 nitrogen and oxygen atoms in total. The molecular formula is C25H24N4O4. The van der Waals surface area contributed by atoms with Crippen LogP contribution >= 0.6 is 0 Å². The van der Waals surface area contributed by atoms with Gasteiger partial charge in [-0.25, -0.2) is 5.43 Å². The summed E-state index contributed by atoms with van der Waals surface area (Å²) >= 11 is 0. The van der Waals surface area contributed by atoms with Crippen LogP contribution in [0.15, 0.2) is 70.9 Å².